The highest BCUT2D eigenvalue weighted by Gasteiger charge is 2.35. The van der Waals surface area contributed by atoms with E-state index in [0.717, 1.165) is 31.0 Å². The van der Waals surface area contributed by atoms with Gasteiger partial charge >= 0.3 is 0 Å². The fraction of sp³-hybridized carbons (Fsp3) is 0.765. The first-order chi connectivity index (χ1) is 9.49. The van der Waals surface area contributed by atoms with Crippen LogP contribution < -0.4 is 5.73 Å². The van der Waals surface area contributed by atoms with Crippen molar-refractivity contribution in [2.24, 2.45) is 11.1 Å². The Morgan fingerprint density at radius 1 is 1.30 bits per heavy atom. The molecule has 0 aromatic carbocycles. The summed E-state index contributed by atoms with van der Waals surface area (Å²) in [6, 6.07) is 4.52. The van der Waals surface area contributed by atoms with Gasteiger partial charge in [-0.1, -0.05) is 27.2 Å². The van der Waals surface area contributed by atoms with Crippen molar-refractivity contribution in [2.75, 3.05) is 13.1 Å². The van der Waals surface area contributed by atoms with Crippen LogP contribution in [-0.2, 0) is 0 Å². The Kier molecular flexibility index (Phi) is 4.92. The normalized spacial score (nSPS) is 22.6. The van der Waals surface area contributed by atoms with Gasteiger partial charge in [0.15, 0.2) is 0 Å². The number of furan rings is 1. The minimum Gasteiger partial charge on any atom is -0.465 e. The van der Waals surface area contributed by atoms with Crippen LogP contribution in [0.25, 0.3) is 0 Å². The summed E-state index contributed by atoms with van der Waals surface area (Å²) in [7, 11) is 0. The zero-order chi connectivity index (χ0) is 14.8. The van der Waals surface area contributed by atoms with E-state index in [1.54, 1.807) is 0 Å². The Labute approximate surface area is 123 Å². The van der Waals surface area contributed by atoms with Gasteiger partial charge in [0, 0.05) is 6.04 Å². The van der Waals surface area contributed by atoms with Gasteiger partial charge in [-0.25, -0.2) is 0 Å². The van der Waals surface area contributed by atoms with Gasteiger partial charge in [0.05, 0.1) is 6.04 Å². The van der Waals surface area contributed by atoms with E-state index in [1.165, 1.54) is 19.3 Å². The molecule has 3 nitrogen and oxygen atoms in total. The molecule has 1 aliphatic heterocycles. The van der Waals surface area contributed by atoms with Crippen molar-refractivity contribution in [1.29, 1.82) is 0 Å². The van der Waals surface area contributed by atoms with Crippen LogP contribution in [0, 0.1) is 12.3 Å². The standard InChI is InChI=1S/C17H30N2O/c1-5-14(18)16(15-8-7-13(3)20-15)19-11-9-17(4,6-2)10-12-19/h7-8,14,16H,5-6,9-12,18H2,1-4H3. The second-order valence-corrected chi connectivity index (χ2v) is 6.67. The zero-order valence-electron chi connectivity index (χ0n) is 13.5. The molecule has 114 valence electrons. The van der Waals surface area contributed by atoms with Crippen molar-refractivity contribution in [1.82, 2.24) is 4.90 Å². The fourth-order valence-corrected chi connectivity index (χ4v) is 3.19. The molecule has 1 saturated heterocycles. The van der Waals surface area contributed by atoms with E-state index in [4.69, 9.17) is 10.2 Å². The second-order valence-electron chi connectivity index (χ2n) is 6.67. The topological polar surface area (TPSA) is 42.4 Å². The van der Waals surface area contributed by atoms with E-state index in [-0.39, 0.29) is 12.1 Å². The van der Waals surface area contributed by atoms with Crippen LogP contribution in [0.2, 0.25) is 0 Å². The minimum absolute atomic E-state index is 0.145. The molecule has 2 atom stereocenters. The molecule has 2 heterocycles. The predicted molar refractivity (Wildman–Crippen MR) is 83.7 cm³/mol. The van der Waals surface area contributed by atoms with Crippen LogP contribution in [0.5, 0.6) is 0 Å². The summed E-state index contributed by atoms with van der Waals surface area (Å²) in [5.74, 6) is 2.01. The smallest absolute Gasteiger partial charge is 0.122 e. The van der Waals surface area contributed by atoms with Crippen molar-refractivity contribution in [2.45, 2.75) is 65.5 Å². The molecular weight excluding hydrogens is 248 g/mol. The van der Waals surface area contributed by atoms with Gasteiger partial charge in [0.2, 0.25) is 0 Å². The molecule has 1 aliphatic rings. The largest absolute Gasteiger partial charge is 0.465 e. The average Bonchev–Trinajstić information content (AvgIpc) is 2.87. The number of hydrogen-bond acceptors (Lipinski definition) is 3. The maximum absolute atomic E-state index is 6.39. The van der Waals surface area contributed by atoms with Gasteiger partial charge in [-0.05, 0) is 56.8 Å². The Morgan fingerprint density at radius 3 is 2.40 bits per heavy atom. The quantitative estimate of drug-likeness (QED) is 0.889. The number of aryl methyl sites for hydroxylation is 1. The maximum atomic E-state index is 6.39. The summed E-state index contributed by atoms with van der Waals surface area (Å²) in [4.78, 5) is 2.53. The van der Waals surface area contributed by atoms with Crippen molar-refractivity contribution < 1.29 is 4.42 Å². The van der Waals surface area contributed by atoms with E-state index in [2.05, 4.69) is 31.7 Å². The fourth-order valence-electron chi connectivity index (χ4n) is 3.19. The second kappa shape index (κ2) is 6.31. The Hall–Kier alpha value is -0.800. The SMILES string of the molecule is CCC(N)C(c1ccc(C)o1)N1CCC(C)(CC)CC1. The predicted octanol–water partition coefficient (Wildman–Crippen LogP) is 3.88. The third-order valence-electron chi connectivity index (χ3n) is 5.18. The van der Waals surface area contributed by atoms with Gasteiger partial charge in [-0.15, -0.1) is 0 Å². The number of piperidine rings is 1. The van der Waals surface area contributed by atoms with Crippen molar-refractivity contribution in [3.8, 4) is 0 Å². The molecule has 0 aliphatic carbocycles. The summed E-state index contributed by atoms with van der Waals surface area (Å²) < 4.78 is 5.88. The van der Waals surface area contributed by atoms with Crippen LogP contribution in [0.4, 0.5) is 0 Å². The van der Waals surface area contributed by atoms with Gasteiger partial charge in [-0.2, -0.15) is 0 Å². The number of nitrogens with two attached hydrogens (primary N) is 1. The molecule has 2 N–H and O–H groups in total. The first-order valence-electron chi connectivity index (χ1n) is 8.05. The molecule has 2 unspecified atom stereocenters. The lowest BCUT2D eigenvalue weighted by atomic mass is 9.77. The maximum Gasteiger partial charge on any atom is 0.122 e. The molecule has 1 fully saturated rings. The molecule has 3 heteroatoms. The van der Waals surface area contributed by atoms with E-state index in [9.17, 15) is 0 Å². The Morgan fingerprint density at radius 2 is 1.95 bits per heavy atom. The van der Waals surface area contributed by atoms with Crippen LogP contribution in [-0.4, -0.2) is 24.0 Å². The summed E-state index contributed by atoms with van der Waals surface area (Å²) in [6.07, 6.45) is 4.77. The Balaban J connectivity index is 2.13. The lowest BCUT2D eigenvalue weighted by Gasteiger charge is -2.43. The molecule has 1 aromatic heterocycles. The lowest BCUT2D eigenvalue weighted by molar-refractivity contribution is 0.0600. The number of rotatable bonds is 5. The molecule has 20 heavy (non-hydrogen) atoms. The lowest BCUT2D eigenvalue weighted by Crippen LogP contribution is -2.46. The highest BCUT2D eigenvalue weighted by atomic mass is 16.3. The van der Waals surface area contributed by atoms with E-state index < -0.39 is 0 Å². The van der Waals surface area contributed by atoms with E-state index in [1.807, 2.05) is 13.0 Å². The Bertz CT molecular complexity index is 418. The summed E-state index contributed by atoms with van der Waals surface area (Å²) in [5, 5.41) is 0. The average molecular weight is 278 g/mol. The van der Waals surface area contributed by atoms with Crippen LogP contribution >= 0.6 is 0 Å². The number of likely N-dealkylation sites (tertiary alicyclic amines) is 1. The highest BCUT2D eigenvalue weighted by Crippen LogP contribution is 2.38. The molecule has 2 rings (SSSR count). The van der Waals surface area contributed by atoms with Crippen LogP contribution in [0.1, 0.15) is 64.0 Å². The van der Waals surface area contributed by atoms with Gasteiger partial charge in [0.25, 0.3) is 0 Å². The molecule has 0 saturated carbocycles. The van der Waals surface area contributed by atoms with E-state index in [0.29, 0.717) is 5.41 Å². The summed E-state index contributed by atoms with van der Waals surface area (Å²) >= 11 is 0. The molecule has 0 radical (unpaired) electrons. The first kappa shape index (κ1) is 15.6. The number of nitrogens with zero attached hydrogens (tertiary/aromatic N) is 1. The third kappa shape index (κ3) is 3.26. The zero-order valence-corrected chi connectivity index (χ0v) is 13.5. The van der Waals surface area contributed by atoms with Gasteiger partial charge in [-0.3, -0.25) is 4.90 Å². The van der Waals surface area contributed by atoms with Crippen LogP contribution in [0.3, 0.4) is 0 Å². The van der Waals surface area contributed by atoms with Crippen molar-refractivity contribution >= 4 is 0 Å². The van der Waals surface area contributed by atoms with Crippen LogP contribution in [0.15, 0.2) is 16.5 Å². The molecular formula is C17H30N2O. The molecule has 0 bridgehead atoms. The van der Waals surface area contributed by atoms with Gasteiger partial charge in [0.1, 0.15) is 11.5 Å². The van der Waals surface area contributed by atoms with Gasteiger partial charge < -0.3 is 10.2 Å². The van der Waals surface area contributed by atoms with Crippen molar-refractivity contribution in [3.63, 3.8) is 0 Å². The van der Waals surface area contributed by atoms with Crippen molar-refractivity contribution in [3.05, 3.63) is 23.7 Å². The molecule has 1 aromatic rings. The summed E-state index contributed by atoms with van der Waals surface area (Å²) in [5.41, 5.74) is 6.90. The minimum atomic E-state index is 0.145. The first-order valence-corrected chi connectivity index (χ1v) is 8.05. The molecule has 0 spiro atoms. The summed E-state index contributed by atoms with van der Waals surface area (Å²) in [6.45, 7) is 11.1. The number of hydrogen-bond donors (Lipinski definition) is 1. The molecule has 0 amide bonds. The third-order valence-corrected chi connectivity index (χ3v) is 5.18. The van der Waals surface area contributed by atoms with E-state index >= 15 is 0 Å². The monoisotopic (exact) mass is 278 g/mol. The highest BCUT2D eigenvalue weighted by molar-refractivity contribution is 5.12.